The maximum atomic E-state index is 4.69. The fourth-order valence-corrected chi connectivity index (χ4v) is 0.526. The molecular weight excluding hydrogens is 128 g/mol. The first-order valence-corrected chi connectivity index (χ1v) is 2.90. The quantitative estimate of drug-likeness (QED) is 0.571. The zero-order chi connectivity index (χ0) is 7.23. The van der Waals surface area contributed by atoms with Gasteiger partial charge in [-0.25, -0.2) is 9.97 Å². The number of hydrogen-bond acceptors (Lipinski definition) is 3. The summed E-state index contributed by atoms with van der Waals surface area (Å²) >= 11 is 0. The van der Waals surface area contributed by atoms with E-state index in [0.29, 0.717) is 5.82 Å². The predicted octanol–water partition coefficient (Wildman–Crippen LogP) is 1.09. The van der Waals surface area contributed by atoms with E-state index in [0.717, 1.165) is 0 Å². The molecular formula is C7H8N2O. The van der Waals surface area contributed by atoms with Crippen LogP contribution in [-0.4, -0.2) is 17.1 Å². The van der Waals surface area contributed by atoms with Crippen LogP contribution in [0.15, 0.2) is 24.7 Å². The van der Waals surface area contributed by atoms with Gasteiger partial charge < -0.3 is 4.74 Å². The maximum Gasteiger partial charge on any atom is 0.154 e. The minimum absolute atomic E-state index is 0.657. The maximum absolute atomic E-state index is 4.69. The molecule has 0 saturated heterocycles. The molecule has 0 spiro atoms. The van der Waals surface area contributed by atoms with Gasteiger partial charge in [-0.05, 0) is 6.07 Å². The molecule has 0 N–H and O–H groups in total. The molecule has 0 aliphatic carbocycles. The van der Waals surface area contributed by atoms with Crippen molar-refractivity contribution in [2.45, 2.75) is 0 Å². The highest BCUT2D eigenvalue weighted by Crippen LogP contribution is 1.89. The van der Waals surface area contributed by atoms with Gasteiger partial charge in [-0.15, -0.1) is 0 Å². The number of nitrogens with zero attached hydrogens (tertiary/aromatic N) is 2. The van der Waals surface area contributed by atoms with Crippen molar-refractivity contribution in [2.24, 2.45) is 0 Å². The number of rotatable bonds is 2. The van der Waals surface area contributed by atoms with Crippen molar-refractivity contribution < 1.29 is 4.74 Å². The summed E-state index contributed by atoms with van der Waals surface area (Å²) in [6, 6.07) is 1.77. The van der Waals surface area contributed by atoms with Crippen molar-refractivity contribution in [1.29, 1.82) is 0 Å². The van der Waals surface area contributed by atoms with Crippen molar-refractivity contribution in [3.63, 3.8) is 0 Å². The summed E-state index contributed by atoms with van der Waals surface area (Å²) in [6.45, 7) is 0. The molecule has 3 nitrogen and oxygen atoms in total. The lowest BCUT2D eigenvalue weighted by atomic mass is 10.5. The van der Waals surface area contributed by atoms with Crippen molar-refractivity contribution in [1.82, 2.24) is 9.97 Å². The van der Waals surface area contributed by atoms with E-state index in [9.17, 15) is 0 Å². The Morgan fingerprint density at radius 3 is 2.70 bits per heavy atom. The van der Waals surface area contributed by atoms with Crippen molar-refractivity contribution in [2.75, 3.05) is 7.11 Å². The van der Waals surface area contributed by atoms with Crippen LogP contribution in [0, 0.1) is 0 Å². The number of aromatic nitrogens is 2. The average Bonchev–Trinajstić information content (AvgIpc) is 2.03. The molecule has 52 valence electrons. The number of methoxy groups -OCH3 is 1. The zero-order valence-corrected chi connectivity index (χ0v) is 5.69. The molecule has 1 rings (SSSR count). The molecule has 0 aliphatic rings. The van der Waals surface area contributed by atoms with Gasteiger partial charge in [0.15, 0.2) is 5.82 Å². The third-order valence-electron chi connectivity index (χ3n) is 0.939. The Labute approximate surface area is 59.4 Å². The predicted molar refractivity (Wildman–Crippen MR) is 38.1 cm³/mol. The van der Waals surface area contributed by atoms with E-state index >= 15 is 0 Å². The highest BCUT2D eigenvalue weighted by atomic mass is 16.5. The highest BCUT2D eigenvalue weighted by molar-refractivity contribution is 5.36. The molecule has 0 aliphatic heterocycles. The van der Waals surface area contributed by atoms with Gasteiger partial charge in [0.25, 0.3) is 0 Å². The van der Waals surface area contributed by atoms with Crippen molar-refractivity contribution in [3.8, 4) is 0 Å². The molecule has 0 fully saturated rings. The summed E-state index contributed by atoms with van der Waals surface area (Å²) in [5, 5.41) is 0. The Morgan fingerprint density at radius 1 is 1.40 bits per heavy atom. The summed E-state index contributed by atoms with van der Waals surface area (Å²) in [5.41, 5.74) is 0. The van der Waals surface area contributed by atoms with Crippen LogP contribution in [0.4, 0.5) is 0 Å². The van der Waals surface area contributed by atoms with Crippen LogP contribution in [0.25, 0.3) is 6.08 Å². The SMILES string of the molecule is CO/C=C\c1ncccn1. The minimum atomic E-state index is 0.657. The molecule has 1 heterocycles. The lowest BCUT2D eigenvalue weighted by Crippen LogP contribution is -1.82. The fraction of sp³-hybridized carbons (Fsp3) is 0.143. The molecule has 0 radical (unpaired) electrons. The molecule has 0 unspecified atom stereocenters. The second-order valence-corrected chi connectivity index (χ2v) is 1.65. The minimum Gasteiger partial charge on any atom is -0.504 e. The standard InChI is InChI=1S/C7H8N2O/c1-10-6-3-7-8-4-2-5-9-7/h2-6H,1H3/b6-3-. The lowest BCUT2D eigenvalue weighted by molar-refractivity contribution is 0.341. The molecule has 0 amide bonds. The van der Waals surface area contributed by atoms with E-state index in [1.807, 2.05) is 0 Å². The zero-order valence-electron chi connectivity index (χ0n) is 5.69. The van der Waals surface area contributed by atoms with E-state index in [2.05, 4.69) is 14.7 Å². The second kappa shape index (κ2) is 3.61. The van der Waals surface area contributed by atoms with E-state index in [1.54, 1.807) is 31.6 Å². The van der Waals surface area contributed by atoms with E-state index < -0.39 is 0 Å². The van der Waals surface area contributed by atoms with Gasteiger partial charge in [0.2, 0.25) is 0 Å². The Bertz CT molecular complexity index is 208. The van der Waals surface area contributed by atoms with Crippen LogP contribution >= 0.6 is 0 Å². The molecule has 0 bridgehead atoms. The van der Waals surface area contributed by atoms with Gasteiger partial charge in [0.05, 0.1) is 13.4 Å². The van der Waals surface area contributed by atoms with Crippen molar-refractivity contribution in [3.05, 3.63) is 30.5 Å². The third kappa shape index (κ3) is 1.85. The Balaban J connectivity index is 2.67. The Hall–Kier alpha value is -1.38. The van der Waals surface area contributed by atoms with Crippen LogP contribution in [0.1, 0.15) is 5.82 Å². The third-order valence-corrected chi connectivity index (χ3v) is 0.939. The van der Waals surface area contributed by atoms with Crippen LogP contribution < -0.4 is 0 Å². The monoisotopic (exact) mass is 136 g/mol. The lowest BCUT2D eigenvalue weighted by Gasteiger charge is -1.87. The fourth-order valence-electron chi connectivity index (χ4n) is 0.526. The molecule has 1 aromatic rings. The Morgan fingerprint density at radius 2 is 2.10 bits per heavy atom. The average molecular weight is 136 g/mol. The van der Waals surface area contributed by atoms with Gasteiger partial charge in [0, 0.05) is 18.5 Å². The number of hydrogen-bond donors (Lipinski definition) is 0. The van der Waals surface area contributed by atoms with Crippen LogP contribution in [-0.2, 0) is 4.74 Å². The highest BCUT2D eigenvalue weighted by Gasteiger charge is 1.82. The Kier molecular flexibility index (Phi) is 2.43. The summed E-state index contributed by atoms with van der Waals surface area (Å²) < 4.78 is 4.69. The van der Waals surface area contributed by atoms with Crippen molar-refractivity contribution >= 4 is 6.08 Å². The molecule has 1 aromatic heterocycles. The first-order valence-electron chi connectivity index (χ1n) is 2.90. The summed E-state index contributed by atoms with van der Waals surface area (Å²) in [6.07, 6.45) is 6.60. The van der Waals surface area contributed by atoms with E-state index in [-0.39, 0.29) is 0 Å². The van der Waals surface area contributed by atoms with Crippen LogP contribution in [0.5, 0.6) is 0 Å². The molecule has 0 aromatic carbocycles. The van der Waals surface area contributed by atoms with Gasteiger partial charge in [-0.3, -0.25) is 0 Å². The van der Waals surface area contributed by atoms with Gasteiger partial charge in [-0.2, -0.15) is 0 Å². The summed E-state index contributed by atoms with van der Waals surface area (Å²) in [4.78, 5) is 7.88. The number of ether oxygens (including phenoxy) is 1. The first-order chi connectivity index (χ1) is 4.93. The first kappa shape index (κ1) is 6.74. The van der Waals surface area contributed by atoms with E-state index in [4.69, 9.17) is 0 Å². The largest absolute Gasteiger partial charge is 0.504 e. The van der Waals surface area contributed by atoms with Crippen LogP contribution in [0.2, 0.25) is 0 Å². The molecule has 3 heteroatoms. The smallest absolute Gasteiger partial charge is 0.154 e. The summed E-state index contributed by atoms with van der Waals surface area (Å²) in [5.74, 6) is 0.657. The van der Waals surface area contributed by atoms with E-state index in [1.165, 1.54) is 6.26 Å². The normalized spacial score (nSPS) is 10.1. The van der Waals surface area contributed by atoms with Gasteiger partial charge in [0.1, 0.15) is 0 Å². The van der Waals surface area contributed by atoms with Gasteiger partial charge >= 0.3 is 0 Å². The molecule has 0 atom stereocenters. The molecule has 0 saturated carbocycles. The molecule has 10 heavy (non-hydrogen) atoms. The topological polar surface area (TPSA) is 35.0 Å². The van der Waals surface area contributed by atoms with Gasteiger partial charge in [-0.1, -0.05) is 0 Å². The van der Waals surface area contributed by atoms with Crippen LogP contribution in [0.3, 0.4) is 0 Å². The second-order valence-electron chi connectivity index (χ2n) is 1.65. The summed E-state index contributed by atoms with van der Waals surface area (Å²) in [7, 11) is 1.58.